The summed E-state index contributed by atoms with van der Waals surface area (Å²) >= 11 is 0. The number of amides is 1. The zero-order valence-corrected chi connectivity index (χ0v) is 9.34. The molecule has 0 aliphatic heterocycles. The molecule has 0 aromatic heterocycles. The fourth-order valence-corrected chi connectivity index (χ4v) is 1.31. The summed E-state index contributed by atoms with van der Waals surface area (Å²) in [6.45, 7) is 1.09. The number of carboxylic acid groups (broad SMARTS) is 1. The molecule has 0 spiro atoms. The molecular weight excluding hydrogens is 222 g/mol. The predicted molar refractivity (Wildman–Crippen MR) is 60.4 cm³/mol. The summed E-state index contributed by atoms with van der Waals surface area (Å²) in [4.78, 5) is 32.8. The molecule has 0 heterocycles. The molecule has 0 saturated carbocycles. The third-order valence-electron chi connectivity index (χ3n) is 2.21. The summed E-state index contributed by atoms with van der Waals surface area (Å²) in [6.07, 6.45) is 0.148. The molecule has 0 aliphatic carbocycles. The second-order valence-corrected chi connectivity index (χ2v) is 3.61. The molecule has 0 saturated heterocycles. The molecule has 17 heavy (non-hydrogen) atoms. The Balaban J connectivity index is 2.71. The van der Waals surface area contributed by atoms with Crippen molar-refractivity contribution < 1.29 is 19.5 Å². The maximum atomic E-state index is 11.1. The van der Waals surface area contributed by atoms with Crippen LogP contribution in [0.25, 0.3) is 0 Å². The van der Waals surface area contributed by atoms with E-state index in [2.05, 4.69) is 5.32 Å². The molecule has 5 nitrogen and oxygen atoms in total. The van der Waals surface area contributed by atoms with Crippen molar-refractivity contribution in [2.75, 3.05) is 0 Å². The van der Waals surface area contributed by atoms with Crippen LogP contribution in [0, 0.1) is 0 Å². The number of ketones is 1. The van der Waals surface area contributed by atoms with Crippen LogP contribution in [0.1, 0.15) is 12.5 Å². The minimum atomic E-state index is -1.16. The third-order valence-corrected chi connectivity index (χ3v) is 2.21. The first-order valence-electron chi connectivity index (χ1n) is 5.09. The first-order valence-corrected chi connectivity index (χ1v) is 5.09. The monoisotopic (exact) mass is 235 g/mol. The van der Waals surface area contributed by atoms with E-state index in [0.29, 0.717) is 0 Å². The summed E-state index contributed by atoms with van der Waals surface area (Å²) < 4.78 is 0. The van der Waals surface area contributed by atoms with Crippen molar-refractivity contribution >= 4 is 17.7 Å². The number of nitrogens with one attached hydrogen (secondary N) is 1. The number of carbonyl (C=O) groups is 3. The minimum Gasteiger partial charge on any atom is -0.480 e. The van der Waals surface area contributed by atoms with Gasteiger partial charge in [-0.1, -0.05) is 30.3 Å². The topological polar surface area (TPSA) is 83.5 Å². The summed E-state index contributed by atoms with van der Waals surface area (Å²) in [6, 6.07) is 7.80. The average Bonchev–Trinajstić information content (AvgIpc) is 2.29. The van der Waals surface area contributed by atoms with Gasteiger partial charge in [-0.05, 0) is 5.56 Å². The quantitative estimate of drug-likeness (QED) is 0.723. The van der Waals surface area contributed by atoms with Crippen LogP contribution in [0.2, 0.25) is 0 Å². The van der Waals surface area contributed by atoms with Crippen molar-refractivity contribution in [3.8, 4) is 0 Å². The highest BCUT2D eigenvalue weighted by molar-refractivity contribution is 6.35. The molecule has 1 rings (SSSR count). The Kier molecular flexibility index (Phi) is 4.39. The molecule has 1 aromatic carbocycles. The summed E-state index contributed by atoms with van der Waals surface area (Å²) in [5.74, 6) is -2.75. The van der Waals surface area contributed by atoms with E-state index in [4.69, 9.17) is 5.11 Å². The first-order chi connectivity index (χ1) is 8.00. The van der Waals surface area contributed by atoms with Crippen LogP contribution in [0.4, 0.5) is 0 Å². The summed E-state index contributed by atoms with van der Waals surface area (Å²) in [7, 11) is 0. The molecule has 0 radical (unpaired) electrons. The van der Waals surface area contributed by atoms with Gasteiger partial charge in [0.25, 0.3) is 5.91 Å². The average molecular weight is 235 g/mol. The standard InChI is InChI=1S/C12H13NO4/c1-8(14)11(15)13-10(12(16)17)7-9-5-3-2-4-6-9/h2-6,10H,7H2,1H3,(H,13,15)(H,16,17). The van der Waals surface area contributed by atoms with Crippen LogP contribution < -0.4 is 5.32 Å². The molecule has 0 bridgehead atoms. The number of rotatable bonds is 5. The fourth-order valence-electron chi connectivity index (χ4n) is 1.31. The van der Waals surface area contributed by atoms with E-state index >= 15 is 0 Å². The van der Waals surface area contributed by atoms with Gasteiger partial charge in [0.2, 0.25) is 5.78 Å². The van der Waals surface area contributed by atoms with Gasteiger partial charge in [-0.2, -0.15) is 0 Å². The van der Waals surface area contributed by atoms with E-state index in [1.807, 2.05) is 6.07 Å². The lowest BCUT2D eigenvalue weighted by Gasteiger charge is -2.13. The van der Waals surface area contributed by atoms with Gasteiger partial charge in [-0.3, -0.25) is 9.59 Å². The van der Waals surface area contributed by atoms with Gasteiger partial charge < -0.3 is 10.4 Å². The molecule has 2 N–H and O–H groups in total. The Morgan fingerprint density at radius 1 is 1.24 bits per heavy atom. The lowest BCUT2D eigenvalue weighted by Crippen LogP contribution is -2.44. The number of carboxylic acids is 1. The Hall–Kier alpha value is -2.17. The van der Waals surface area contributed by atoms with Gasteiger partial charge in [0.15, 0.2) is 0 Å². The first kappa shape index (κ1) is 12.9. The molecule has 5 heteroatoms. The van der Waals surface area contributed by atoms with Crippen LogP contribution in [0.5, 0.6) is 0 Å². The normalized spacial score (nSPS) is 11.6. The zero-order valence-electron chi connectivity index (χ0n) is 9.34. The molecule has 1 amide bonds. The number of carbonyl (C=O) groups excluding carboxylic acids is 2. The van der Waals surface area contributed by atoms with E-state index in [1.54, 1.807) is 24.3 Å². The number of benzene rings is 1. The van der Waals surface area contributed by atoms with E-state index in [-0.39, 0.29) is 6.42 Å². The van der Waals surface area contributed by atoms with Crippen molar-refractivity contribution in [3.05, 3.63) is 35.9 Å². The minimum absolute atomic E-state index is 0.148. The fraction of sp³-hybridized carbons (Fsp3) is 0.250. The van der Waals surface area contributed by atoms with Crippen molar-refractivity contribution in [1.29, 1.82) is 0 Å². The third kappa shape index (κ3) is 4.06. The second kappa shape index (κ2) is 5.79. The highest BCUT2D eigenvalue weighted by Gasteiger charge is 2.21. The Bertz CT molecular complexity index is 427. The molecule has 1 atom stereocenters. The molecule has 1 aromatic rings. The van der Waals surface area contributed by atoms with Gasteiger partial charge in [0, 0.05) is 13.3 Å². The van der Waals surface area contributed by atoms with Crippen molar-refractivity contribution in [2.24, 2.45) is 0 Å². The Morgan fingerprint density at radius 3 is 2.29 bits per heavy atom. The number of hydrogen-bond acceptors (Lipinski definition) is 3. The molecule has 90 valence electrons. The Labute approximate surface area is 98.4 Å². The molecular formula is C12H13NO4. The maximum Gasteiger partial charge on any atom is 0.326 e. The van der Waals surface area contributed by atoms with Crippen LogP contribution in [0.15, 0.2) is 30.3 Å². The van der Waals surface area contributed by atoms with Gasteiger partial charge in [0.1, 0.15) is 6.04 Å². The molecule has 0 fully saturated rings. The van der Waals surface area contributed by atoms with E-state index in [9.17, 15) is 14.4 Å². The summed E-state index contributed by atoms with van der Waals surface area (Å²) in [5.41, 5.74) is 0.781. The van der Waals surface area contributed by atoms with Crippen LogP contribution in [-0.2, 0) is 20.8 Å². The number of Topliss-reactive ketones (excluding diaryl/α,β-unsaturated/α-hetero) is 1. The largest absolute Gasteiger partial charge is 0.480 e. The van der Waals surface area contributed by atoms with Crippen LogP contribution in [0.3, 0.4) is 0 Å². The second-order valence-electron chi connectivity index (χ2n) is 3.61. The van der Waals surface area contributed by atoms with E-state index < -0.39 is 23.7 Å². The van der Waals surface area contributed by atoms with Crippen LogP contribution in [-0.4, -0.2) is 28.8 Å². The number of hydrogen-bond donors (Lipinski definition) is 2. The predicted octanol–water partition coefficient (Wildman–Crippen LogP) is 0.387. The lowest BCUT2D eigenvalue weighted by molar-refractivity contribution is -0.143. The van der Waals surface area contributed by atoms with Crippen molar-refractivity contribution in [3.63, 3.8) is 0 Å². The summed E-state index contributed by atoms with van der Waals surface area (Å²) in [5, 5.41) is 11.1. The Morgan fingerprint density at radius 2 is 1.82 bits per heavy atom. The van der Waals surface area contributed by atoms with Crippen molar-refractivity contribution in [2.45, 2.75) is 19.4 Å². The van der Waals surface area contributed by atoms with E-state index in [0.717, 1.165) is 12.5 Å². The highest BCUT2D eigenvalue weighted by Crippen LogP contribution is 2.03. The van der Waals surface area contributed by atoms with Gasteiger partial charge >= 0.3 is 5.97 Å². The smallest absolute Gasteiger partial charge is 0.326 e. The van der Waals surface area contributed by atoms with Crippen molar-refractivity contribution in [1.82, 2.24) is 5.32 Å². The van der Waals surface area contributed by atoms with Gasteiger partial charge in [-0.25, -0.2) is 4.79 Å². The van der Waals surface area contributed by atoms with Gasteiger partial charge in [0.05, 0.1) is 0 Å². The number of aliphatic carboxylic acids is 1. The highest BCUT2D eigenvalue weighted by atomic mass is 16.4. The lowest BCUT2D eigenvalue weighted by atomic mass is 10.1. The van der Waals surface area contributed by atoms with Gasteiger partial charge in [-0.15, -0.1) is 0 Å². The molecule has 0 aliphatic rings. The maximum absolute atomic E-state index is 11.1. The van der Waals surface area contributed by atoms with Crippen LogP contribution >= 0.6 is 0 Å². The molecule has 1 unspecified atom stereocenters. The SMILES string of the molecule is CC(=O)C(=O)NC(Cc1ccccc1)C(=O)O. The van der Waals surface area contributed by atoms with E-state index in [1.165, 1.54) is 0 Å². The zero-order chi connectivity index (χ0) is 12.8.